The number of rotatable bonds is 4. The maximum Gasteiger partial charge on any atom is 0.274 e. The molecule has 4 heterocycles. The molecule has 10 heteroatoms. The van der Waals surface area contributed by atoms with Gasteiger partial charge in [0.25, 0.3) is 5.91 Å². The van der Waals surface area contributed by atoms with Crippen LogP contribution in [0.2, 0.25) is 5.15 Å². The van der Waals surface area contributed by atoms with Crippen LogP contribution in [0.5, 0.6) is 0 Å². The largest absolute Gasteiger partial charge is 0.338 e. The summed E-state index contributed by atoms with van der Waals surface area (Å²) in [6.45, 7) is 0. The molecule has 0 radical (unpaired) electrons. The number of hydrogen-bond donors (Lipinski definition) is 2. The van der Waals surface area contributed by atoms with E-state index in [-0.39, 0.29) is 16.5 Å². The molecule has 7 nitrogen and oxygen atoms in total. The molecule has 4 aromatic rings. The third-order valence-electron chi connectivity index (χ3n) is 3.99. The molecular weight excluding hydrogens is 382 g/mol. The second-order valence-corrected chi connectivity index (χ2v) is 6.38. The molecule has 2 N–H and O–H groups in total. The average Bonchev–Trinajstić information content (AvgIpc) is 3.07. The predicted octanol–water partition coefficient (Wildman–Crippen LogP) is 2.17. The lowest BCUT2D eigenvalue weighted by Crippen LogP contribution is -2.16. The van der Waals surface area contributed by atoms with Crippen LogP contribution in [0, 0.1) is 5.82 Å². The summed E-state index contributed by atoms with van der Waals surface area (Å²) in [4.78, 5) is 20.7. The number of aromatic nitrogens is 4. The van der Waals surface area contributed by atoms with Crippen LogP contribution >= 0.6 is 11.6 Å². The fraction of sp³-hybridized carbons (Fsp3) is 0. The molecule has 0 unspecified atom stereocenters. The van der Waals surface area contributed by atoms with Crippen molar-refractivity contribution in [3.63, 3.8) is 0 Å². The Morgan fingerprint density at radius 2 is 2.04 bits per heavy atom. The van der Waals surface area contributed by atoms with E-state index >= 15 is 0 Å². The fourth-order valence-electron chi connectivity index (χ4n) is 2.74. The Hall–Kier alpha value is -3.46. The van der Waals surface area contributed by atoms with E-state index in [1.54, 1.807) is 18.2 Å². The van der Waals surface area contributed by atoms with Crippen LogP contribution in [-0.2, 0) is 0 Å². The molecule has 0 aromatic carbocycles. The smallest absolute Gasteiger partial charge is 0.274 e. The maximum absolute atomic E-state index is 13.8. The number of fused-ring (bicyclic) bond motifs is 1. The third kappa shape index (κ3) is 3.52. The van der Waals surface area contributed by atoms with Crippen molar-refractivity contribution in [3.8, 4) is 0 Å². The van der Waals surface area contributed by atoms with Gasteiger partial charge >= 0.3 is 0 Å². The monoisotopic (exact) mass is 394 g/mol. The molecule has 0 aliphatic carbocycles. The molecule has 138 valence electrons. The van der Waals surface area contributed by atoms with Crippen LogP contribution in [0.25, 0.3) is 5.52 Å². The molecule has 4 rings (SSSR count). The van der Waals surface area contributed by atoms with E-state index in [0.29, 0.717) is 17.0 Å². The summed E-state index contributed by atoms with van der Waals surface area (Å²) in [5.41, 5.74) is 2.34. The zero-order valence-corrected chi connectivity index (χ0v) is 15.4. The van der Waals surface area contributed by atoms with Gasteiger partial charge in [-0.3, -0.25) is 9.78 Å². The topological polar surface area (TPSA) is 84.2 Å². The number of nitrogens with one attached hydrogen (secondary N) is 2. The van der Waals surface area contributed by atoms with Gasteiger partial charge in [-0.2, -0.15) is 5.10 Å². The minimum absolute atomic E-state index is 0.0271. The molecule has 4 aromatic heterocycles. The van der Waals surface area contributed by atoms with Gasteiger partial charge < -0.3 is 10.6 Å². The number of hydrogen-bond acceptors (Lipinski definition) is 5. The van der Waals surface area contributed by atoms with Crippen molar-refractivity contribution in [1.82, 2.24) is 19.6 Å². The highest BCUT2D eigenvalue weighted by molar-refractivity contribution is 6.30. The van der Waals surface area contributed by atoms with E-state index in [4.69, 9.17) is 11.6 Å². The number of pyridine rings is 2. The molecule has 0 aliphatic heterocycles. The lowest BCUT2D eigenvalue weighted by molar-refractivity contribution is 0.102. The Kier molecular flexibility index (Phi) is 4.66. The van der Waals surface area contributed by atoms with Gasteiger partial charge in [-0.25, -0.2) is 13.9 Å². The van der Waals surface area contributed by atoms with Crippen LogP contribution < -0.4 is 16.2 Å². The van der Waals surface area contributed by atoms with Gasteiger partial charge in [-0.1, -0.05) is 23.7 Å². The standard InChI is InChI=1S/C18H13BClFN6O/c19-15-2-1-3-17(25-15)23-12-8-16(20)26-27-13(12)4-5-14(27)18(28)24-11-6-7-22-9-10(11)21/h1-9H,19H2,(H,23,25)(H,22,24,28). The number of anilines is 3. The van der Waals surface area contributed by atoms with Crippen molar-refractivity contribution in [3.05, 3.63) is 71.5 Å². The van der Waals surface area contributed by atoms with Crippen LogP contribution in [-0.4, -0.2) is 33.3 Å². The van der Waals surface area contributed by atoms with Crippen LogP contribution in [0.3, 0.4) is 0 Å². The molecule has 1 amide bonds. The first kappa shape index (κ1) is 17.9. The van der Waals surface area contributed by atoms with Crippen molar-refractivity contribution < 1.29 is 9.18 Å². The van der Waals surface area contributed by atoms with Crippen molar-refractivity contribution in [2.45, 2.75) is 0 Å². The molecule has 0 aliphatic rings. The number of carbonyl (C=O) groups is 1. The van der Waals surface area contributed by atoms with Gasteiger partial charge in [-0.05, 0) is 29.9 Å². The average molecular weight is 395 g/mol. The molecule has 28 heavy (non-hydrogen) atoms. The van der Waals surface area contributed by atoms with Crippen LogP contribution in [0.1, 0.15) is 10.5 Å². The molecule has 0 bridgehead atoms. The van der Waals surface area contributed by atoms with Gasteiger partial charge in [0.1, 0.15) is 11.5 Å². The zero-order chi connectivity index (χ0) is 19.7. The molecule has 0 atom stereocenters. The summed E-state index contributed by atoms with van der Waals surface area (Å²) in [7, 11) is 1.89. The van der Waals surface area contributed by atoms with Gasteiger partial charge in [0, 0.05) is 12.3 Å². The predicted molar refractivity (Wildman–Crippen MR) is 108 cm³/mol. The van der Waals surface area contributed by atoms with Crippen molar-refractivity contribution >= 4 is 53.7 Å². The zero-order valence-electron chi connectivity index (χ0n) is 14.6. The number of carbonyl (C=O) groups excluding carboxylic acids is 1. The Balaban J connectivity index is 1.71. The quantitative estimate of drug-likeness (QED) is 0.518. The Morgan fingerprint density at radius 3 is 2.82 bits per heavy atom. The highest BCUT2D eigenvalue weighted by Crippen LogP contribution is 2.25. The molecule has 0 saturated heterocycles. The summed E-state index contributed by atoms with van der Waals surface area (Å²) in [5, 5.41) is 10.1. The van der Waals surface area contributed by atoms with E-state index in [1.165, 1.54) is 16.8 Å². The first-order valence-corrected chi connectivity index (χ1v) is 8.69. The summed E-state index contributed by atoms with van der Waals surface area (Å²) >= 11 is 6.15. The number of nitrogens with zero attached hydrogens (tertiary/aromatic N) is 4. The minimum Gasteiger partial charge on any atom is -0.338 e. The summed E-state index contributed by atoms with van der Waals surface area (Å²) in [6.07, 6.45) is 2.42. The maximum atomic E-state index is 13.8. The van der Waals surface area contributed by atoms with E-state index in [9.17, 15) is 9.18 Å². The normalized spacial score (nSPS) is 10.8. The highest BCUT2D eigenvalue weighted by atomic mass is 35.5. The molecule has 0 saturated carbocycles. The van der Waals surface area contributed by atoms with Gasteiger partial charge in [0.2, 0.25) is 0 Å². The summed E-state index contributed by atoms with van der Waals surface area (Å²) in [5.74, 6) is -0.523. The number of amides is 1. The molecule has 0 fully saturated rings. The lowest BCUT2D eigenvalue weighted by Gasteiger charge is -2.10. The second-order valence-electron chi connectivity index (χ2n) is 6.00. The first-order valence-electron chi connectivity index (χ1n) is 8.31. The van der Waals surface area contributed by atoms with Crippen LogP contribution in [0.4, 0.5) is 21.6 Å². The summed E-state index contributed by atoms with van der Waals surface area (Å²) < 4.78 is 15.2. The summed E-state index contributed by atoms with van der Waals surface area (Å²) in [6, 6.07) is 11.9. The Morgan fingerprint density at radius 1 is 1.18 bits per heavy atom. The molecule has 0 spiro atoms. The van der Waals surface area contributed by atoms with E-state index in [2.05, 4.69) is 25.7 Å². The van der Waals surface area contributed by atoms with E-state index in [0.717, 1.165) is 11.8 Å². The lowest BCUT2D eigenvalue weighted by atomic mass is 10.0. The van der Waals surface area contributed by atoms with Gasteiger partial charge in [0.05, 0.1) is 23.1 Å². The van der Waals surface area contributed by atoms with Crippen molar-refractivity contribution in [1.29, 1.82) is 0 Å². The van der Waals surface area contributed by atoms with Gasteiger partial charge in [0.15, 0.2) is 18.8 Å². The molecular formula is C18H13BClFN6O. The second kappa shape index (κ2) is 7.28. The minimum atomic E-state index is -0.629. The Labute approximate surface area is 165 Å². The van der Waals surface area contributed by atoms with Gasteiger partial charge in [-0.15, -0.1) is 0 Å². The highest BCUT2D eigenvalue weighted by Gasteiger charge is 2.17. The fourth-order valence-corrected chi connectivity index (χ4v) is 2.93. The number of halogens is 2. The van der Waals surface area contributed by atoms with E-state index < -0.39 is 11.7 Å². The van der Waals surface area contributed by atoms with Crippen molar-refractivity contribution in [2.24, 2.45) is 0 Å². The van der Waals surface area contributed by atoms with Crippen LogP contribution in [0.15, 0.2) is 54.9 Å². The third-order valence-corrected chi connectivity index (χ3v) is 4.18. The van der Waals surface area contributed by atoms with Crippen molar-refractivity contribution in [2.75, 3.05) is 10.6 Å². The van der Waals surface area contributed by atoms with E-state index in [1.807, 2.05) is 26.0 Å². The SMILES string of the molecule is Bc1cccc(Nc2cc(Cl)nn3c(C(=O)Nc4ccncc4F)ccc23)n1. The Bertz CT molecular complexity index is 1200. The first-order chi connectivity index (χ1) is 13.5.